The number of allylic oxidation sites excluding steroid dienone is 1. The van der Waals surface area contributed by atoms with Crippen LogP contribution in [0.2, 0.25) is 0 Å². The molecule has 0 fully saturated rings. The van der Waals surface area contributed by atoms with E-state index < -0.39 is 7.60 Å². The number of rotatable bonds is 7. The highest BCUT2D eigenvalue weighted by atomic mass is 31.2. The Morgan fingerprint density at radius 2 is 1.65 bits per heavy atom. The van der Waals surface area contributed by atoms with Crippen LogP contribution in [0, 0.1) is 0 Å². The van der Waals surface area contributed by atoms with Crippen molar-refractivity contribution in [3.05, 3.63) is 52.5 Å². The van der Waals surface area contributed by atoms with Crippen molar-refractivity contribution in [1.82, 2.24) is 0 Å². The second-order valence-corrected chi connectivity index (χ2v) is 6.62. The van der Waals surface area contributed by atoms with Gasteiger partial charge in [-0.05, 0) is 38.8 Å². The molecule has 0 amide bonds. The molecular weight excluding hydrogens is 271 g/mol. The lowest BCUT2D eigenvalue weighted by Gasteiger charge is -2.19. The highest BCUT2D eigenvalue weighted by Crippen LogP contribution is 2.56. The van der Waals surface area contributed by atoms with Crippen LogP contribution in [0.4, 0.5) is 0 Å². The largest absolute Gasteiger partial charge is 0.365 e. The van der Waals surface area contributed by atoms with Crippen molar-refractivity contribution < 1.29 is 13.6 Å². The summed E-state index contributed by atoms with van der Waals surface area (Å²) in [5.74, 6) is 0. The zero-order chi connectivity index (χ0) is 15.0. The summed E-state index contributed by atoms with van der Waals surface area (Å²) in [4.78, 5) is 0. The van der Waals surface area contributed by atoms with Crippen LogP contribution < -0.4 is 0 Å². The first kappa shape index (κ1) is 16.9. The van der Waals surface area contributed by atoms with Crippen LogP contribution >= 0.6 is 7.60 Å². The standard InChI is InChI=1S/C16H23O3P/c1-5-18-20(17,19-6-2)16(12-14(3)4)13-15-10-8-7-9-11-15/h7-11H,5-6,13H2,1-4H3. The number of hydrogen-bond donors (Lipinski definition) is 0. The van der Waals surface area contributed by atoms with E-state index in [1.807, 2.05) is 58.0 Å². The molecule has 20 heavy (non-hydrogen) atoms. The van der Waals surface area contributed by atoms with E-state index in [9.17, 15) is 4.57 Å². The fourth-order valence-corrected chi connectivity index (χ4v) is 3.62. The third kappa shape index (κ3) is 5.11. The van der Waals surface area contributed by atoms with E-state index in [4.69, 9.17) is 9.05 Å². The molecule has 1 aromatic carbocycles. The second-order valence-electron chi connectivity index (χ2n) is 4.57. The highest BCUT2D eigenvalue weighted by Gasteiger charge is 2.29. The van der Waals surface area contributed by atoms with Gasteiger partial charge in [0.1, 0.15) is 0 Å². The summed E-state index contributed by atoms with van der Waals surface area (Å²) in [6.07, 6.45) is 0.517. The molecule has 0 aromatic heterocycles. The zero-order valence-corrected chi connectivity index (χ0v) is 13.6. The smallest absolute Gasteiger partial charge is 0.305 e. The van der Waals surface area contributed by atoms with Crippen molar-refractivity contribution in [2.45, 2.75) is 34.1 Å². The van der Waals surface area contributed by atoms with Crippen LogP contribution in [-0.4, -0.2) is 13.2 Å². The first-order chi connectivity index (χ1) is 9.51. The van der Waals surface area contributed by atoms with Gasteiger partial charge in [0.25, 0.3) is 0 Å². The van der Waals surface area contributed by atoms with Gasteiger partial charge in [-0.2, -0.15) is 0 Å². The third-order valence-electron chi connectivity index (χ3n) is 2.54. The van der Waals surface area contributed by atoms with Crippen molar-refractivity contribution in [1.29, 1.82) is 0 Å². The highest BCUT2D eigenvalue weighted by molar-refractivity contribution is 7.58. The first-order valence-corrected chi connectivity index (χ1v) is 8.42. The Labute approximate surface area is 121 Å². The van der Waals surface area contributed by atoms with Crippen LogP contribution in [0.1, 0.15) is 33.3 Å². The summed E-state index contributed by atoms with van der Waals surface area (Å²) in [6, 6.07) is 9.87. The molecule has 4 heteroatoms. The average molecular weight is 294 g/mol. The normalized spacial score (nSPS) is 11.0. The molecule has 0 saturated carbocycles. The molecule has 1 rings (SSSR count). The lowest BCUT2D eigenvalue weighted by atomic mass is 10.1. The molecule has 1 aromatic rings. The average Bonchev–Trinajstić information content (AvgIpc) is 2.39. The minimum absolute atomic E-state index is 0.347. The summed E-state index contributed by atoms with van der Waals surface area (Å²) in [6.45, 7) is 8.17. The predicted molar refractivity (Wildman–Crippen MR) is 82.9 cm³/mol. The van der Waals surface area contributed by atoms with E-state index in [1.54, 1.807) is 0 Å². The number of benzene rings is 1. The Morgan fingerprint density at radius 1 is 1.10 bits per heavy atom. The molecule has 0 saturated heterocycles. The molecule has 0 unspecified atom stereocenters. The van der Waals surface area contributed by atoms with Crippen LogP contribution in [0.15, 0.2) is 47.0 Å². The Kier molecular flexibility index (Phi) is 6.98. The van der Waals surface area contributed by atoms with Crippen LogP contribution in [-0.2, 0) is 20.0 Å². The van der Waals surface area contributed by atoms with Gasteiger partial charge in [-0.1, -0.05) is 30.3 Å². The topological polar surface area (TPSA) is 35.5 Å². The van der Waals surface area contributed by atoms with Gasteiger partial charge in [0.2, 0.25) is 0 Å². The van der Waals surface area contributed by atoms with Gasteiger partial charge in [0.15, 0.2) is 0 Å². The molecule has 0 N–H and O–H groups in total. The van der Waals surface area contributed by atoms with Gasteiger partial charge in [-0.25, -0.2) is 0 Å². The fourth-order valence-electron chi connectivity index (χ4n) is 1.82. The van der Waals surface area contributed by atoms with Crippen molar-refractivity contribution in [3.8, 4) is 0 Å². The lowest BCUT2D eigenvalue weighted by molar-refractivity contribution is 0.226. The van der Waals surface area contributed by atoms with Gasteiger partial charge in [0.05, 0.1) is 18.5 Å². The Bertz CT molecular complexity index is 514. The molecule has 0 atom stereocenters. The fraction of sp³-hybridized carbons (Fsp3) is 0.438. The van der Waals surface area contributed by atoms with Crippen molar-refractivity contribution in [2.24, 2.45) is 0 Å². The maximum atomic E-state index is 12.9. The first-order valence-electron chi connectivity index (χ1n) is 6.88. The summed E-state index contributed by atoms with van der Waals surface area (Å²) in [7, 11) is -3.26. The molecule has 0 spiro atoms. The maximum Gasteiger partial charge on any atom is 0.365 e. The molecule has 0 aliphatic carbocycles. The second kappa shape index (κ2) is 8.24. The SMILES string of the molecule is CCOP(=O)(OCC)C(=C=C(C)C)Cc1ccccc1. The van der Waals surface area contributed by atoms with Gasteiger partial charge in [-0.15, -0.1) is 5.73 Å². The quantitative estimate of drug-likeness (QED) is 0.527. The molecule has 110 valence electrons. The molecule has 3 nitrogen and oxygen atoms in total. The minimum Gasteiger partial charge on any atom is -0.305 e. The van der Waals surface area contributed by atoms with Gasteiger partial charge < -0.3 is 9.05 Å². The van der Waals surface area contributed by atoms with Gasteiger partial charge >= 0.3 is 7.60 Å². The lowest BCUT2D eigenvalue weighted by Crippen LogP contribution is -2.01. The molecule has 0 aliphatic heterocycles. The monoisotopic (exact) mass is 294 g/mol. The van der Waals surface area contributed by atoms with Crippen LogP contribution in [0.3, 0.4) is 0 Å². The summed E-state index contributed by atoms with van der Waals surface area (Å²) >= 11 is 0. The Morgan fingerprint density at radius 3 is 2.10 bits per heavy atom. The third-order valence-corrected chi connectivity index (χ3v) is 4.66. The minimum atomic E-state index is -3.26. The van der Waals surface area contributed by atoms with E-state index in [2.05, 4.69) is 5.73 Å². The maximum absolute atomic E-state index is 12.9. The number of hydrogen-bond acceptors (Lipinski definition) is 3. The van der Waals surface area contributed by atoms with Gasteiger partial charge in [0, 0.05) is 6.42 Å². The predicted octanol–water partition coefficient (Wildman–Crippen LogP) is 4.94. The summed E-state index contributed by atoms with van der Waals surface area (Å²) in [5.41, 5.74) is 5.18. The molecule has 0 aliphatic rings. The van der Waals surface area contributed by atoms with Crippen molar-refractivity contribution >= 4 is 7.60 Å². The molecular formula is C16H23O3P. The van der Waals surface area contributed by atoms with Crippen LogP contribution in [0.5, 0.6) is 0 Å². The van der Waals surface area contributed by atoms with E-state index in [-0.39, 0.29) is 0 Å². The van der Waals surface area contributed by atoms with Gasteiger partial charge in [-0.3, -0.25) is 4.57 Å². The summed E-state index contributed by atoms with van der Waals surface area (Å²) in [5, 5.41) is 0.590. The van der Waals surface area contributed by atoms with E-state index >= 15 is 0 Å². The molecule has 0 radical (unpaired) electrons. The zero-order valence-electron chi connectivity index (χ0n) is 12.7. The van der Waals surface area contributed by atoms with Crippen LogP contribution in [0.25, 0.3) is 0 Å². The van der Waals surface area contributed by atoms with Crippen molar-refractivity contribution in [3.63, 3.8) is 0 Å². The summed E-state index contributed by atoms with van der Waals surface area (Å²) < 4.78 is 23.7. The Balaban J connectivity index is 3.19. The Hall–Kier alpha value is -1.11. The van der Waals surface area contributed by atoms with Crippen molar-refractivity contribution in [2.75, 3.05) is 13.2 Å². The molecule has 0 bridgehead atoms. The molecule has 0 heterocycles. The van der Waals surface area contributed by atoms with E-state index in [0.717, 1.165) is 11.1 Å². The van der Waals surface area contributed by atoms with E-state index in [0.29, 0.717) is 24.9 Å². The van der Waals surface area contributed by atoms with E-state index in [1.165, 1.54) is 0 Å².